The smallest absolute Gasteiger partial charge is 0.417 e. The Morgan fingerprint density at radius 2 is 1.63 bits per heavy atom. The molecule has 38 heavy (non-hydrogen) atoms. The second-order valence-corrected chi connectivity index (χ2v) is 8.12. The van der Waals surface area contributed by atoms with Crippen LogP contribution in [0.2, 0.25) is 5.02 Å². The van der Waals surface area contributed by atoms with Crippen molar-refractivity contribution in [1.29, 1.82) is 0 Å². The van der Waals surface area contributed by atoms with Gasteiger partial charge in [-0.2, -0.15) is 13.2 Å². The second kappa shape index (κ2) is 12.8. The molecule has 0 saturated carbocycles. The van der Waals surface area contributed by atoms with Gasteiger partial charge in [0.1, 0.15) is 17.2 Å². The highest BCUT2D eigenvalue weighted by Gasteiger charge is 2.33. The number of hydrogen-bond donors (Lipinski definition) is 3. The molecule has 0 unspecified atom stereocenters. The Labute approximate surface area is 220 Å². The molecule has 2 aromatic carbocycles. The highest BCUT2D eigenvalue weighted by atomic mass is 35.5. The van der Waals surface area contributed by atoms with E-state index in [9.17, 15) is 27.6 Å². The predicted molar refractivity (Wildman–Crippen MR) is 133 cm³/mol. The average Bonchev–Trinajstić information content (AvgIpc) is 2.88. The first-order valence-electron chi connectivity index (χ1n) is 11.1. The Kier molecular flexibility index (Phi) is 9.49. The maximum Gasteiger partial charge on any atom is 0.417 e. The zero-order valence-corrected chi connectivity index (χ0v) is 20.7. The fraction of sp³-hybridized carbons (Fsp3) is 0.200. The van der Waals surface area contributed by atoms with Crippen LogP contribution in [0.3, 0.4) is 0 Å². The first-order chi connectivity index (χ1) is 18.0. The number of pyridine rings is 1. The molecule has 1 aromatic heterocycles. The van der Waals surface area contributed by atoms with Gasteiger partial charge in [-0.15, -0.1) is 0 Å². The molecule has 3 aromatic rings. The number of nitrogens with zero attached hydrogens (tertiary/aromatic N) is 1. The highest BCUT2D eigenvalue weighted by molar-refractivity contribution is 6.31. The van der Waals surface area contributed by atoms with E-state index in [0.29, 0.717) is 23.6 Å². The van der Waals surface area contributed by atoms with Crippen molar-refractivity contribution in [2.24, 2.45) is 0 Å². The maximum atomic E-state index is 13.0. The SMILES string of the molecule is COC(=O)CCCNC(=O)c1cc(Oc2ccc(NC(=O)Nc3ccc(Cl)c(C(F)(F)F)c3)cc2)ccn1. The topological polar surface area (TPSA) is 119 Å². The quantitative estimate of drug-likeness (QED) is 0.226. The molecular formula is C25H22ClF3N4O5. The van der Waals surface area contributed by atoms with E-state index in [4.69, 9.17) is 16.3 Å². The number of nitrogens with one attached hydrogen (secondary N) is 3. The Morgan fingerprint density at radius 1 is 0.947 bits per heavy atom. The fourth-order valence-corrected chi connectivity index (χ4v) is 3.31. The Hall–Kier alpha value is -4.32. The van der Waals surface area contributed by atoms with Crippen LogP contribution in [-0.4, -0.2) is 36.5 Å². The molecule has 0 atom stereocenters. The lowest BCUT2D eigenvalue weighted by molar-refractivity contribution is -0.140. The van der Waals surface area contributed by atoms with Crippen LogP contribution in [0.25, 0.3) is 0 Å². The molecule has 3 rings (SSSR count). The number of hydrogen-bond acceptors (Lipinski definition) is 6. The van der Waals surface area contributed by atoms with Gasteiger partial charge in [0.2, 0.25) is 0 Å². The molecule has 3 amide bonds. The number of anilines is 2. The van der Waals surface area contributed by atoms with Gasteiger partial charge >= 0.3 is 18.2 Å². The van der Waals surface area contributed by atoms with Crippen LogP contribution in [0.5, 0.6) is 11.5 Å². The molecule has 0 radical (unpaired) electrons. The number of carbonyl (C=O) groups is 3. The molecule has 0 spiro atoms. The zero-order valence-electron chi connectivity index (χ0n) is 19.9. The van der Waals surface area contributed by atoms with Gasteiger partial charge in [-0.1, -0.05) is 11.6 Å². The Bertz CT molecular complexity index is 1300. The van der Waals surface area contributed by atoms with Crippen molar-refractivity contribution in [3.63, 3.8) is 0 Å². The van der Waals surface area contributed by atoms with Crippen molar-refractivity contribution >= 4 is 40.9 Å². The molecule has 9 nitrogen and oxygen atoms in total. The number of halogens is 4. The number of methoxy groups -OCH3 is 1. The summed E-state index contributed by atoms with van der Waals surface area (Å²) in [5.74, 6) is -0.0786. The monoisotopic (exact) mass is 550 g/mol. The summed E-state index contributed by atoms with van der Waals surface area (Å²) in [6, 6.07) is 11.4. The number of carbonyl (C=O) groups excluding carboxylic acids is 3. The highest BCUT2D eigenvalue weighted by Crippen LogP contribution is 2.36. The lowest BCUT2D eigenvalue weighted by atomic mass is 10.2. The van der Waals surface area contributed by atoms with Crippen LogP contribution >= 0.6 is 11.6 Å². The third-order valence-corrected chi connectivity index (χ3v) is 5.24. The number of ether oxygens (including phenoxy) is 2. The van der Waals surface area contributed by atoms with Crippen LogP contribution in [-0.2, 0) is 15.7 Å². The van der Waals surface area contributed by atoms with Gasteiger partial charge in [0.15, 0.2) is 0 Å². The number of urea groups is 1. The maximum absolute atomic E-state index is 13.0. The molecule has 0 fully saturated rings. The van der Waals surface area contributed by atoms with Crippen molar-refractivity contribution in [1.82, 2.24) is 10.3 Å². The number of esters is 1. The summed E-state index contributed by atoms with van der Waals surface area (Å²) >= 11 is 5.59. The van der Waals surface area contributed by atoms with Crippen molar-refractivity contribution in [2.45, 2.75) is 19.0 Å². The molecular weight excluding hydrogens is 529 g/mol. The van der Waals surface area contributed by atoms with Gasteiger partial charge in [0.05, 0.1) is 17.7 Å². The fourth-order valence-electron chi connectivity index (χ4n) is 3.08. The third kappa shape index (κ3) is 8.37. The number of benzene rings is 2. The van der Waals surface area contributed by atoms with E-state index in [-0.39, 0.29) is 30.3 Å². The summed E-state index contributed by atoms with van der Waals surface area (Å²) in [6.07, 6.45) is -2.66. The van der Waals surface area contributed by atoms with Crippen LogP contribution in [0.15, 0.2) is 60.8 Å². The lowest BCUT2D eigenvalue weighted by Crippen LogP contribution is -2.25. The van der Waals surface area contributed by atoms with Crippen LogP contribution in [0.1, 0.15) is 28.9 Å². The third-order valence-electron chi connectivity index (χ3n) is 4.91. The minimum Gasteiger partial charge on any atom is -0.469 e. The van der Waals surface area contributed by atoms with Crippen LogP contribution in [0.4, 0.5) is 29.3 Å². The molecule has 0 bridgehead atoms. The van der Waals surface area contributed by atoms with Crippen molar-refractivity contribution < 1.29 is 37.0 Å². The normalized spacial score (nSPS) is 10.9. The average molecular weight is 551 g/mol. The summed E-state index contributed by atoms with van der Waals surface area (Å²) in [5.41, 5.74) is -0.679. The minimum absolute atomic E-state index is 0.0832. The Balaban J connectivity index is 1.54. The van der Waals surface area contributed by atoms with Crippen molar-refractivity contribution in [3.8, 4) is 11.5 Å². The van der Waals surface area contributed by atoms with E-state index in [1.165, 1.54) is 37.6 Å². The van der Waals surface area contributed by atoms with Crippen LogP contribution in [0, 0.1) is 0 Å². The van der Waals surface area contributed by atoms with Gasteiger partial charge in [-0.3, -0.25) is 14.6 Å². The minimum atomic E-state index is -4.66. The van der Waals surface area contributed by atoms with E-state index < -0.39 is 28.7 Å². The van der Waals surface area contributed by atoms with E-state index in [1.807, 2.05) is 0 Å². The summed E-state index contributed by atoms with van der Waals surface area (Å²) in [6.45, 7) is 0.268. The predicted octanol–water partition coefficient (Wildman–Crippen LogP) is 5.87. The van der Waals surface area contributed by atoms with Gasteiger partial charge in [-0.25, -0.2) is 4.79 Å². The molecule has 13 heteroatoms. The molecule has 1 heterocycles. The number of aromatic nitrogens is 1. The van der Waals surface area contributed by atoms with E-state index in [0.717, 1.165) is 12.1 Å². The lowest BCUT2D eigenvalue weighted by Gasteiger charge is -2.12. The summed E-state index contributed by atoms with van der Waals surface area (Å²) in [7, 11) is 1.29. The molecule has 0 aliphatic rings. The van der Waals surface area contributed by atoms with Crippen molar-refractivity contribution in [2.75, 3.05) is 24.3 Å². The van der Waals surface area contributed by atoms with Gasteiger partial charge in [0.25, 0.3) is 5.91 Å². The second-order valence-electron chi connectivity index (χ2n) is 7.71. The largest absolute Gasteiger partial charge is 0.469 e. The van der Waals surface area contributed by atoms with Crippen molar-refractivity contribution in [3.05, 3.63) is 77.1 Å². The molecule has 200 valence electrons. The molecule has 0 saturated heterocycles. The first-order valence-corrected chi connectivity index (χ1v) is 11.5. The summed E-state index contributed by atoms with van der Waals surface area (Å²) < 4.78 is 49.3. The van der Waals surface area contributed by atoms with E-state index in [2.05, 4.69) is 25.7 Å². The number of amides is 3. The molecule has 3 N–H and O–H groups in total. The van der Waals surface area contributed by atoms with Gasteiger partial charge < -0.3 is 25.4 Å². The Morgan fingerprint density at radius 3 is 2.32 bits per heavy atom. The standard InChI is InChI=1S/C25H22ClF3N4O5/c1-37-22(34)3-2-11-31-23(35)21-14-18(10-12-30-21)38-17-7-4-15(5-8-17)32-24(36)33-16-6-9-20(26)19(13-16)25(27,28)29/h4-10,12-14H,2-3,11H2,1H3,(H,31,35)(H2,32,33,36). The summed E-state index contributed by atoms with van der Waals surface area (Å²) in [5, 5.41) is 7.00. The first kappa shape index (κ1) is 28.3. The number of alkyl halides is 3. The van der Waals surface area contributed by atoms with Gasteiger partial charge in [-0.05, 0) is 55.0 Å². The zero-order chi connectivity index (χ0) is 27.7. The van der Waals surface area contributed by atoms with E-state index >= 15 is 0 Å². The molecule has 0 aliphatic heterocycles. The van der Waals surface area contributed by atoms with Gasteiger partial charge in [0, 0.05) is 36.6 Å². The number of rotatable bonds is 9. The molecule has 0 aliphatic carbocycles. The van der Waals surface area contributed by atoms with Crippen LogP contribution < -0.4 is 20.7 Å². The summed E-state index contributed by atoms with van der Waals surface area (Å²) in [4.78, 5) is 39.6. The van der Waals surface area contributed by atoms with E-state index in [1.54, 1.807) is 18.2 Å².